The van der Waals surface area contributed by atoms with Crippen LogP contribution >= 0.6 is 15.6 Å². The SMILES string of the molecule is C[C@@H]1O[C@H](OP(=O)([O-])OP(=O)([O-])OC[C@H]2O[C@@H](n3cnc4c(=O)[nH]c(N)nc43)[C@H](O)[C@@H]2O)[C@@H](O)[C@H](O)C1=O. The molecule has 20 nitrogen and oxygen atoms in total. The van der Waals surface area contributed by atoms with Crippen molar-refractivity contribution >= 4 is 38.5 Å². The van der Waals surface area contributed by atoms with Crippen molar-refractivity contribution in [3.8, 4) is 0 Å². The number of aliphatic hydroxyl groups excluding tert-OH is 4. The summed E-state index contributed by atoms with van der Waals surface area (Å²) >= 11 is 0. The number of nitrogens with two attached hydrogens (primary N) is 1. The van der Waals surface area contributed by atoms with Crippen LogP contribution in [0.2, 0.25) is 0 Å². The molecule has 0 amide bonds. The van der Waals surface area contributed by atoms with Gasteiger partial charge in [0.15, 0.2) is 29.5 Å². The molecule has 0 aromatic carbocycles. The zero-order valence-corrected chi connectivity index (χ0v) is 20.8. The Morgan fingerprint density at radius 1 is 1.13 bits per heavy atom. The Kier molecular flexibility index (Phi) is 7.92. The number of anilines is 1. The Morgan fingerprint density at radius 2 is 1.82 bits per heavy atom. The topological polar surface area (TPSA) is 314 Å². The maximum atomic E-state index is 12.1. The number of aromatic amines is 1. The Balaban J connectivity index is 1.40. The minimum absolute atomic E-state index is 0.125. The highest BCUT2D eigenvalue weighted by molar-refractivity contribution is 7.59. The molecule has 10 atom stereocenters. The van der Waals surface area contributed by atoms with Crippen LogP contribution in [0.4, 0.5) is 5.95 Å². The van der Waals surface area contributed by atoms with E-state index in [9.17, 15) is 48.9 Å². The van der Waals surface area contributed by atoms with E-state index in [1.54, 1.807) is 0 Å². The number of carbonyl (C=O) groups is 1. The van der Waals surface area contributed by atoms with Gasteiger partial charge >= 0.3 is 0 Å². The first kappa shape index (κ1) is 28.8. The van der Waals surface area contributed by atoms with Gasteiger partial charge in [-0.25, -0.2) is 9.29 Å². The number of nitrogens with one attached hydrogen (secondary N) is 1. The molecule has 2 unspecified atom stereocenters. The monoisotopic (exact) mass is 585 g/mol. The van der Waals surface area contributed by atoms with Gasteiger partial charge < -0.3 is 49.9 Å². The molecule has 0 spiro atoms. The van der Waals surface area contributed by atoms with Gasteiger partial charge in [-0.2, -0.15) is 4.98 Å². The summed E-state index contributed by atoms with van der Waals surface area (Å²) < 4.78 is 48.1. The fraction of sp³-hybridized carbons (Fsp3) is 0.625. The molecule has 4 heterocycles. The third kappa shape index (κ3) is 5.73. The summed E-state index contributed by atoms with van der Waals surface area (Å²) in [6.45, 7) is 0.0569. The number of nitrogens with zero attached hydrogens (tertiary/aromatic N) is 3. The number of nitrogen functional groups attached to an aromatic ring is 1. The van der Waals surface area contributed by atoms with Gasteiger partial charge in [0.2, 0.25) is 5.95 Å². The Bertz CT molecular complexity index is 1370. The number of carbonyl (C=O) groups excluding carboxylic acids is 1. The van der Waals surface area contributed by atoms with Gasteiger partial charge in [0.25, 0.3) is 21.2 Å². The van der Waals surface area contributed by atoms with E-state index in [-0.39, 0.29) is 17.1 Å². The molecule has 2 fully saturated rings. The third-order valence-electron chi connectivity index (χ3n) is 5.52. The highest BCUT2D eigenvalue weighted by Crippen LogP contribution is 2.57. The molecular formula is C16H21N5O15P2-2. The van der Waals surface area contributed by atoms with Crippen LogP contribution in [0.5, 0.6) is 0 Å². The fourth-order valence-corrected chi connectivity index (χ4v) is 5.76. The van der Waals surface area contributed by atoms with Gasteiger partial charge in [0.1, 0.15) is 36.6 Å². The van der Waals surface area contributed by atoms with Crippen molar-refractivity contribution in [1.29, 1.82) is 0 Å². The van der Waals surface area contributed by atoms with Crippen molar-refractivity contribution in [2.24, 2.45) is 0 Å². The minimum Gasteiger partial charge on any atom is -0.756 e. The largest absolute Gasteiger partial charge is 0.756 e. The lowest BCUT2D eigenvalue weighted by Crippen LogP contribution is -2.54. The zero-order chi connectivity index (χ0) is 28.2. The number of ketones is 1. The van der Waals surface area contributed by atoms with Crippen LogP contribution in [0.25, 0.3) is 11.2 Å². The first-order chi connectivity index (χ1) is 17.6. The Hall–Kier alpha value is -2.16. The van der Waals surface area contributed by atoms with E-state index >= 15 is 0 Å². The first-order valence-corrected chi connectivity index (χ1v) is 13.5. The smallest absolute Gasteiger partial charge is 0.280 e. The second-order valence-electron chi connectivity index (χ2n) is 8.18. The average molecular weight is 585 g/mol. The normalized spacial score (nSPS) is 35.3. The number of hydrogen-bond acceptors (Lipinski definition) is 18. The van der Waals surface area contributed by atoms with Crippen LogP contribution in [-0.4, -0.2) is 95.2 Å². The van der Waals surface area contributed by atoms with E-state index in [2.05, 4.69) is 28.3 Å². The molecule has 2 aromatic rings. The van der Waals surface area contributed by atoms with E-state index in [1.165, 1.54) is 0 Å². The third-order valence-corrected chi connectivity index (χ3v) is 8.06. The predicted octanol–water partition coefficient (Wildman–Crippen LogP) is -4.66. The first-order valence-electron chi connectivity index (χ1n) is 10.6. The van der Waals surface area contributed by atoms with Gasteiger partial charge in [0.05, 0.1) is 12.9 Å². The van der Waals surface area contributed by atoms with E-state index in [4.69, 9.17) is 15.2 Å². The van der Waals surface area contributed by atoms with Crippen molar-refractivity contribution in [1.82, 2.24) is 19.5 Å². The molecule has 2 saturated heterocycles. The molecule has 2 aliphatic heterocycles. The number of phosphoric acid groups is 2. The standard InChI is InChI=1S/C16H23N5O15P2/c1-4-7(22)9(24)11(26)15(33-4)35-38(30,31)36-37(28,29)32-2-5-8(23)10(25)14(34-5)21-3-18-6-12(21)19-16(17)20-13(6)27/h3-5,8-11,14-15,23-26H,2H2,1H3,(H,28,29)(H,30,31)(H3,17,19,20,27)/p-2/t4-,5+,8+,9+,10+,11-,14+,15+/m0/s1. The molecule has 2 aliphatic rings. The Morgan fingerprint density at radius 3 is 2.50 bits per heavy atom. The van der Waals surface area contributed by atoms with Crippen LogP contribution in [0.3, 0.4) is 0 Å². The minimum atomic E-state index is -5.85. The van der Waals surface area contributed by atoms with Crippen molar-refractivity contribution in [2.75, 3.05) is 12.3 Å². The maximum Gasteiger partial charge on any atom is 0.280 e. The number of Topliss-reactive ketones (excluding diaryl/α,β-unsaturated/α-hetero) is 1. The second-order valence-corrected chi connectivity index (χ2v) is 11.1. The molecule has 0 saturated carbocycles. The summed E-state index contributed by atoms with van der Waals surface area (Å²) in [6, 6.07) is 0. The van der Waals surface area contributed by atoms with Gasteiger partial charge in [0, 0.05) is 0 Å². The number of rotatable bonds is 8. The van der Waals surface area contributed by atoms with Gasteiger partial charge in [-0.1, -0.05) is 0 Å². The number of aliphatic hydroxyl groups is 4. The molecule has 4 rings (SSSR count). The van der Waals surface area contributed by atoms with Crippen LogP contribution in [0.15, 0.2) is 11.1 Å². The van der Waals surface area contributed by atoms with Gasteiger partial charge in [-0.3, -0.25) is 32.8 Å². The molecule has 0 bridgehead atoms. The van der Waals surface area contributed by atoms with Crippen molar-refractivity contribution in [3.05, 3.63) is 16.7 Å². The number of imidazole rings is 1. The number of H-pyrrole nitrogens is 1. The van der Waals surface area contributed by atoms with Crippen LogP contribution in [-0.2, 0) is 36.8 Å². The summed E-state index contributed by atoms with van der Waals surface area (Å²) in [5.41, 5.74) is 4.51. The van der Waals surface area contributed by atoms with E-state index in [1.807, 2.05) is 0 Å². The number of ether oxygens (including phenoxy) is 2. The highest BCUT2D eigenvalue weighted by Gasteiger charge is 2.46. The molecule has 212 valence electrons. The average Bonchev–Trinajstić information content (AvgIpc) is 3.35. The molecule has 0 aliphatic carbocycles. The summed E-state index contributed by atoms with van der Waals surface area (Å²) in [4.78, 5) is 57.6. The molecule has 2 aromatic heterocycles. The van der Waals surface area contributed by atoms with Crippen molar-refractivity contribution in [3.63, 3.8) is 0 Å². The Labute approximate surface area is 210 Å². The van der Waals surface area contributed by atoms with Crippen molar-refractivity contribution < 1.29 is 67.0 Å². The lowest BCUT2D eigenvalue weighted by molar-refractivity contribution is -0.276. The number of phosphoric ester groups is 2. The van der Waals surface area contributed by atoms with Crippen LogP contribution in [0, 0.1) is 0 Å². The van der Waals surface area contributed by atoms with E-state index < -0.39 is 82.7 Å². The summed E-state index contributed by atoms with van der Waals surface area (Å²) in [5.74, 6) is -1.25. The summed E-state index contributed by atoms with van der Waals surface area (Å²) in [5, 5.41) is 40.1. The second kappa shape index (κ2) is 10.4. The fourth-order valence-electron chi connectivity index (χ4n) is 3.68. The molecule has 22 heteroatoms. The maximum absolute atomic E-state index is 12.1. The van der Waals surface area contributed by atoms with Gasteiger partial charge in [-0.15, -0.1) is 0 Å². The number of aromatic nitrogens is 4. The highest BCUT2D eigenvalue weighted by atomic mass is 31.3. The lowest BCUT2D eigenvalue weighted by atomic mass is 10.0. The summed E-state index contributed by atoms with van der Waals surface area (Å²) in [6.07, 6.45) is -13.3. The van der Waals surface area contributed by atoms with E-state index in [0.717, 1.165) is 17.8 Å². The van der Waals surface area contributed by atoms with Gasteiger partial charge in [-0.05, 0) is 6.92 Å². The summed E-state index contributed by atoms with van der Waals surface area (Å²) in [7, 11) is -11.6. The molecule has 0 radical (unpaired) electrons. The van der Waals surface area contributed by atoms with Crippen molar-refractivity contribution in [2.45, 2.75) is 56.1 Å². The lowest BCUT2D eigenvalue weighted by Gasteiger charge is -2.38. The predicted molar refractivity (Wildman–Crippen MR) is 113 cm³/mol. The molecule has 7 N–H and O–H groups in total. The quantitative estimate of drug-likeness (QED) is 0.159. The zero-order valence-electron chi connectivity index (χ0n) is 19.0. The number of fused-ring (bicyclic) bond motifs is 1. The van der Waals surface area contributed by atoms with E-state index in [0.29, 0.717) is 0 Å². The molecular weight excluding hydrogens is 564 g/mol. The molecule has 38 heavy (non-hydrogen) atoms. The van der Waals surface area contributed by atoms with Crippen LogP contribution in [0.1, 0.15) is 13.2 Å². The van der Waals surface area contributed by atoms with Crippen LogP contribution < -0.4 is 21.1 Å². The number of hydrogen-bond donors (Lipinski definition) is 6.